The Labute approximate surface area is 96.2 Å². The summed E-state index contributed by atoms with van der Waals surface area (Å²) in [6.07, 6.45) is 2.28. The number of aryl methyl sites for hydroxylation is 1. The summed E-state index contributed by atoms with van der Waals surface area (Å²) >= 11 is 3.21. The Morgan fingerprint density at radius 3 is 2.67 bits per heavy atom. The lowest BCUT2D eigenvalue weighted by Crippen LogP contribution is -1.95. The summed E-state index contributed by atoms with van der Waals surface area (Å²) in [5.74, 6) is -1.05. The van der Waals surface area contributed by atoms with Gasteiger partial charge in [0, 0.05) is 10.9 Å². The van der Waals surface area contributed by atoms with Crippen molar-refractivity contribution in [2.45, 2.75) is 25.7 Å². The lowest BCUT2D eigenvalue weighted by molar-refractivity contribution is -0.137. The number of carbonyl (C=O) groups is 1. The average molecular weight is 275 g/mol. The molecule has 0 fully saturated rings. The van der Waals surface area contributed by atoms with E-state index < -0.39 is 5.97 Å². The van der Waals surface area contributed by atoms with Crippen LogP contribution in [0, 0.1) is 5.82 Å². The van der Waals surface area contributed by atoms with Gasteiger partial charge in [-0.1, -0.05) is 15.9 Å². The third kappa shape index (κ3) is 4.93. The zero-order valence-corrected chi connectivity index (χ0v) is 9.76. The van der Waals surface area contributed by atoms with Gasteiger partial charge in [0.15, 0.2) is 0 Å². The molecule has 0 radical (unpaired) electrons. The fraction of sp³-hybridized carbons (Fsp3) is 0.364. The smallest absolute Gasteiger partial charge is 0.303 e. The standard InChI is InChI=1S/C11H12BrFO2/c12-9-5-8(6-10(13)7-9)3-1-2-4-11(14)15/h5-7H,1-4H2,(H,14,15). The van der Waals surface area contributed by atoms with Crippen molar-refractivity contribution < 1.29 is 14.3 Å². The summed E-state index contributed by atoms with van der Waals surface area (Å²) in [5, 5.41) is 8.43. The van der Waals surface area contributed by atoms with Crippen LogP contribution in [-0.4, -0.2) is 11.1 Å². The quantitative estimate of drug-likeness (QED) is 0.836. The van der Waals surface area contributed by atoms with Crippen LogP contribution in [0.2, 0.25) is 0 Å². The highest BCUT2D eigenvalue weighted by molar-refractivity contribution is 9.10. The molecule has 0 aliphatic rings. The van der Waals surface area contributed by atoms with Crippen LogP contribution in [0.25, 0.3) is 0 Å². The lowest BCUT2D eigenvalue weighted by atomic mass is 10.1. The molecule has 1 N–H and O–H groups in total. The average Bonchev–Trinajstić information content (AvgIpc) is 2.10. The van der Waals surface area contributed by atoms with Crippen molar-refractivity contribution in [3.8, 4) is 0 Å². The Morgan fingerprint density at radius 2 is 2.07 bits per heavy atom. The summed E-state index contributed by atoms with van der Waals surface area (Å²) in [4.78, 5) is 10.3. The summed E-state index contributed by atoms with van der Waals surface area (Å²) in [5.41, 5.74) is 0.896. The van der Waals surface area contributed by atoms with E-state index >= 15 is 0 Å². The van der Waals surface area contributed by atoms with Crippen LogP contribution in [0.4, 0.5) is 4.39 Å². The summed E-state index contributed by atoms with van der Waals surface area (Å²) < 4.78 is 13.7. The van der Waals surface area contributed by atoms with Gasteiger partial charge in [-0.2, -0.15) is 0 Å². The number of unbranched alkanes of at least 4 members (excludes halogenated alkanes) is 1. The first-order valence-corrected chi connectivity index (χ1v) is 5.54. The van der Waals surface area contributed by atoms with E-state index in [1.165, 1.54) is 12.1 Å². The molecular formula is C11H12BrFO2. The highest BCUT2D eigenvalue weighted by Crippen LogP contribution is 2.16. The van der Waals surface area contributed by atoms with E-state index in [2.05, 4.69) is 15.9 Å². The largest absolute Gasteiger partial charge is 0.481 e. The Kier molecular flexibility index (Phi) is 4.75. The lowest BCUT2D eigenvalue weighted by Gasteiger charge is -2.01. The van der Waals surface area contributed by atoms with Crippen LogP contribution in [0.1, 0.15) is 24.8 Å². The molecule has 0 aromatic heterocycles. The normalized spacial score (nSPS) is 10.3. The molecule has 0 spiro atoms. The minimum atomic E-state index is -0.782. The first-order chi connectivity index (χ1) is 7.08. The van der Waals surface area contributed by atoms with Gasteiger partial charge in [0.1, 0.15) is 5.82 Å². The number of halogens is 2. The van der Waals surface area contributed by atoms with Gasteiger partial charge in [0.2, 0.25) is 0 Å². The molecule has 1 aromatic carbocycles. The van der Waals surface area contributed by atoms with Crippen LogP contribution >= 0.6 is 15.9 Å². The molecule has 82 valence electrons. The van der Waals surface area contributed by atoms with Crippen molar-refractivity contribution >= 4 is 21.9 Å². The molecule has 0 atom stereocenters. The van der Waals surface area contributed by atoms with Gasteiger partial charge in [0.25, 0.3) is 0 Å². The van der Waals surface area contributed by atoms with Gasteiger partial charge in [-0.3, -0.25) is 4.79 Å². The molecule has 0 amide bonds. The molecule has 2 nitrogen and oxygen atoms in total. The number of hydrogen-bond acceptors (Lipinski definition) is 1. The number of carboxylic acid groups (broad SMARTS) is 1. The molecule has 0 unspecified atom stereocenters. The maximum Gasteiger partial charge on any atom is 0.303 e. The predicted molar refractivity (Wildman–Crippen MR) is 59.3 cm³/mol. The Balaban J connectivity index is 2.40. The van der Waals surface area contributed by atoms with Gasteiger partial charge in [-0.15, -0.1) is 0 Å². The van der Waals surface area contributed by atoms with Gasteiger partial charge >= 0.3 is 5.97 Å². The Hall–Kier alpha value is -0.900. The van der Waals surface area contributed by atoms with E-state index in [0.717, 1.165) is 16.5 Å². The van der Waals surface area contributed by atoms with Gasteiger partial charge in [-0.05, 0) is 43.0 Å². The van der Waals surface area contributed by atoms with E-state index in [1.807, 2.05) is 6.07 Å². The van der Waals surface area contributed by atoms with Gasteiger partial charge in [-0.25, -0.2) is 4.39 Å². The van der Waals surface area contributed by atoms with Crippen LogP contribution in [0.15, 0.2) is 22.7 Å². The summed E-state index contributed by atoms with van der Waals surface area (Å²) in [7, 11) is 0. The first kappa shape index (κ1) is 12.2. The van der Waals surface area contributed by atoms with Crippen molar-refractivity contribution in [2.24, 2.45) is 0 Å². The zero-order chi connectivity index (χ0) is 11.3. The van der Waals surface area contributed by atoms with E-state index in [4.69, 9.17) is 5.11 Å². The third-order valence-corrected chi connectivity index (χ3v) is 2.49. The predicted octanol–water partition coefficient (Wildman–Crippen LogP) is 3.39. The van der Waals surface area contributed by atoms with Crippen LogP contribution in [-0.2, 0) is 11.2 Å². The monoisotopic (exact) mass is 274 g/mol. The molecule has 0 saturated carbocycles. The molecule has 0 bridgehead atoms. The molecule has 4 heteroatoms. The molecule has 0 aliphatic carbocycles. The number of aliphatic carboxylic acids is 1. The molecular weight excluding hydrogens is 263 g/mol. The summed E-state index contributed by atoms with van der Waals surface area (Å²) in [6.45, 7) is 0. The van der Waals surface area contributed by atoms with Crippen molar-refractivity contribution in [2.75, 3.05) is 0 Å². The number of rotatable bonds is 5. The minimum Gasteiger partial charge on any atom is -0.481 e. The van der Waals surface area contributed by atoms with Crippen molar-refractivity contribution in [1.29, 1.82) is 0 Å². The van der Waals surface area contributed by atoms with E-state index in [9.17, 15) is 9.18 Å². The van der Waals surface area contributed by atoms with E-state index in [1.54, 1.807) is 0 Å². The fourth-order valence-corrected chi connectivity index (χ4v) is 1.87. The second-order valence-corrected chi connectivity index (χ2v) is 4.29. The van der Waals surface area contributed by atoms with Gasteiger partial charge in [0.05, 0.1) is 0 Å². The van der Waals surface area contributed by atoms with Crippen molar-refractivity contribution in [3.63, 3.8) is 0 Å². The fourth-order valence-electron chi connectivity index (χ4n) is 1.36. The SMILES string of the molecule is O=C(O)CCCCc1cc(F)cc(Br)c1. The number of benzene rings is 1. The number of hydrogen-bond donors (Lipinski definition) is 1. The summed E-state index contributed by atoms with van der Waals surface area (Å²) in [6, 6.07) is 4.73. The molecule has 1 aromatic rings. The van der Waals surface area contributed by atoms with E-state index in [0.29, 0.717) is 12.8 Å². The van der Waals surface area contributed by atoms with Crippen LogP contribution in [0.3, 0.4) is 0 Å². The topological polar surface area (TPSA) is 37.3 Å². The number of carboxylic acids is 1. The Morgan fingerprint density at radius 1 is 1.33 bits per heavy atom. The molecule has 0 heterocycles. The first-order valence-electron chi connectivity index (χ1n) is 4.74. The van der Waals surface area contributed by atoms with Crippen molar-refractivity contribution in [1.82, 2.24) is 0 Å². The molecule has 15 heavy (non-hydrogen) atoms. The van der Waals surface area contributed by atoms with Crippen LogP contribution < -0.4 is 0 Å². The molecule has 0 aliphatic heterocycles. The maximum atomic E-state index is 12.9. The second-order valence-electron chi connectivity index (χ2n) is 3.38. The highest BCUT2D eigenvalue weighted by atomic mass is 79.9. The zero-order valence-electron chi connectivity index (χ0n) is 8.17. The highest BCUT2D eigenvalue weighted by Gasteiger charge is 2.00. The minimum absolute atomic E-state index is 0.177. The van der Waals surface area contributed by atoms with Crippen LogP contribution in [0.5, 0.6) is 0 Å². The maximum absolute atomic E-state index is 12.9. The second kappa shape index (κ2) is 5.85. The third-order valence-electron chi connectivity index (χ3n) is 2.03. The molecule has 0 saturated heterocycles. The van der Waals surface area contributed by atoms with Gasteiger partial charge < -0.3 is 5.11 Å². The molecule has 1 rings (SSSR count). The Bertz CT molecular complexity index is 332. The van der Waals surface area contributed by atoms with E-state index in [-0.39, 0.29) is 12.2 Å². The van der Waals surface area contributed by atoms with Crippen molar-refractivity contribution in [3.05, 3.63) is 34.1 Å².